The van der Waals surface area contributed by atoms with Crippen LogP contribution in [0.2, 0.25) is 5.02 Å². The van der Waals surface area contributed by atoms with Gasteiger partial charge in [-0.3, -0.25) is 4.79 Å². The lowest BCUT2D eigenvalue weighted by Gasteiger charge is -2.19. The van der Waals surface area contributed by atoms with Crippen LogP contribution in [0.4, 0.5) is 5.69 Å². The van der Waals surface area contributed by atoms with E-state index in [2.05, 4.69) is 0 Å². The van der Waals surface area contributed by atoms with Crippen molar-refractivity contribution in [1.29, 1.82) is 0 Å². The molecule has 0 aromatic heterocycles. The number of ether oxygens (including phenoxy) is 1. The molecule has 0 bridgehead atoms. The van der Waals surface area contributed by atoms with E-state index in [1.165, 1.54) is 17.7 Å². The van der Waals surface area contributed by atoms with Gasteiger partial charge in [0.05, 0.1) is 4.90 Å². The van der Waals surface area contributed by atoms with E-state index in [9.17, 15) is 13.2 Å². The van der Waals surface area contributed by atoms with Gasteiger partial charge in [0.2, 0.25) is 15.9 Å². The zero-order chi connectivity index (χ0) is 23.0. The summed E-state index contributed by atoms with van der Waals surface area (Å²) in [6, 6.07) is 17.3. The molecule has 0 saturated carbocycles. The molecule has 1 aliphatic heterocycles. The molecule has 32 heavy (non-hydrogen) atoms. The number of hydrogen-bond donors (Lipinski definition) is 1. The second-order valence-electron chi connectivity index (χ2n) is 7.97. The van der Waals surface area contributed by atoms with Crippen LogP contribution in [0.1, 0.15) is 29.0 Å². The van der Waals surface area contributed by atoms with Crippen LogP contribution in [-0.4, -0.2) is 20.9 Å². The number of amides is 1. The molecule has 1 atom stereocenters. The van der Waals surface area contributed by atoms with E-state index in [1.54, 1.807) is 29.2 Å². The molecule has 1 saturated heterocycles. The Morgan fingerprint density at radius 3 is 2.38 bits per heavy atom. The van der Waals surface area contributed by atoms with E-state index in [0.717, 1.165) is 11.1 Å². The predicted octanol–water partition coefficient (Wildman–Crippen LogP) is 4.92. The van der Waals surface area contributed by atoms with E-state index >= 15 is 0 Å². The van der Waals surface area contributed by atoms with Gasteiger partial charge in [0.25, 0.3) is 0 Å². The Labute approximate surface area is 192 Å². The minimum atomic E-state index is -3.79. The maximum atomic E-state index is 12.8. The number of primary sulfonamides is 1. The standard InChI is InChI=1S/C24H23ClN2O4S/c1-15-3-7-20(11-16(15)2)31-23-13-18(25)4-10-22(23)17-12-24(28)27(14-17)19-5-8-21(9-6-19)32(26,29)30/h3-11,13,17H,12,14H2,1-2H3,(H2,26,29,30)/t17-/m0/s1. The lowest BCUT2D eigenvalue weighted by atomic mass is 9.97. The molecule has 8 heteroatoms. The Kier molecular flexibility index (Phi) is 5.99. The van der Waals surface area contributed by atoms with Crippen LogP contribution in [0.5, 0.6) is 11.5 Å². The molecule has 0 spiro atoms. The molecule has 0 aliphatic carbocycles. The van der Waals surface area contributed by atoms with Crippen LogP contribution in [0.3, 0.4) is 0 Å². The lowest BCUT2D eigenvalue weighted by Crippen LogP contribution is -2.24. The first kappa shape index (κ1) is 22.3. The van der Waals surface area contributed by atoms with Gasteiger partial charge in [0.15, 0.2) is 0 Å². The van der Waals surface area contributed by atoms with Crippen LogP contribution in [0.25, 0.3) is 0 Å². The molecule has 3 aromatic rings. The van der Waals surface area contributed by atoms with Gasteiger partial charge in [-0.25, -0.2) is 13.6 Å². The summed E-state index contributed by atoms with van der Waals surface area (Å²) in [6.07, 6.45) is 0.307. The van der Waals surface area contributed by atoms with Crippen molar-refractivity contribution in [3.63, 3.8) is 0 Å². The first-order valence-electron chi connectivity index (χ1n) is 10.1. The number of hydrogen-bond acceptors (Lipinski definition) is 4. The van der Waals surface area contributed by atoms with E-state index in [0.29, 0.717) is 35.2 Å². The number of halogens is 1. The van der Waals surface area contributed by atoms with Crippen LogP contribution in [0, 0.1) is 13.8 Å². The van der Waals surface area contributed by atoms with Crippen molar-refractivity contribution in [3.8, 4) is 11.5 Å². The number of carbonyl (C=O) groups is 1. The van der Waals surface area contributed by atoms with Gasteiger partial charge in [-0.15, -0.1) is 0 Å². The summed E-state index contributed by atoms with van der Waals surface area (Å²) in [7, 11) is -3.79. The third-order valence-electron chi connectivity index (χ3n) is 5.72. The maximum Gasteiger partial charge on any atom is 0.238 e. The maximum absolute atomic E-state index is 12.8. The summed E-state index contributed by atoms with van der Waals surface area (Å²) < 4.78 is 29.2. The lowest BCUT2D eigenvalue weighted by molar-refractivity contribution is -0.117. The summed E-state index contributed by atoms with van der Waals surface area (Å²) >= 11 is 6.23. The summed E-state index contributed by atoms with van der Waals surface area (Å²) in [5, 5.41) is 5.71. The van der Waals surface area contributed by atoms with Crippen molar-refractivity contribution in [2.75, 3.05) is 11.4 Å². The van der Waals surface area contributed by atoms with Gasteiger partial charge in [0.1, 0.15) is 11.5 Å². The summed E-state index contributed by atoms with van der Waals surface area (Å²) in [5.74, 6) is 1.17. The Bertz CT molecular complexity index is 1290. The fraction of sp³-hybridized carbons (Fsp3) is 0.208. The molecule has 6 nitrogen and oxygen atoms in total. The number of anilines is 1. The summed E-state index contributed by atoms with van der Waals surface area (Å²) in [5.41, 5.74) is 3.81. The van der Waals surface area contributed by atoms with Crippen molar-refractivity contribution in [2.24, 2.45) is 5.14 Å². The zero-order valence-corrected chi connectivity index (χ0v) is 19.3. The number of nitrogens with two attached hydrogens (primary N) is 1. The smallest absolute Gasteiger partial charge is 0.238 e. The van der Waals surface area contributed by atoms with Crippen LogP contribution >= 0.6 is 11.6 Å². The van der Waals surface area contributed by atoms with Crippen LogP contribution in [0.15, 0.2) is 65.6 Å². The van der Waals surface area contributed by atoms with E-state index in [1.807, 2.05) is 38.1 Å². The SMILES string of the molecule is Cc1ccc(Oc2cc(Cl)ccc2[C@H]2CC(=O)N(c3ccc(S(N)(=O)=O)cc3)C2)cc1C. The van der Waals surface area contributed by atoms with Crippen molar-refractivity contribution in [1.82, 2.24) is 0 Å². The van der Waals surface area contributed by atoms with Crippen LogP contribution < -0.4 is 14.8 Å². The predicted molar refractivity (Wildman–Crippen MR) is 125 cm³/mol. The van der Waals surface area contributed by atoms with Crippen molar-refractivity contribution in [3.05, 3.63) is 82.4 Å². The fourth-order valence-electron chi connectivity index (χ4n) is 3.82. The molecule has 1 aliphatic rings. The number of nitrogens with zero attached hydrogens (tertiary/aromatic N) is 1. The van der Waals surface area contributed by atoms with E-state index in [-0.39, 0.29) is 16.7 Å². The Morgan fingerprint density at radius 2 is 1.72 bits per heavy atom. The molecule has 2 N–H and O–H groups in total. The molecular formula is C24H23ClN2O4S. The van der Waals surface area contributed by atoms with E-state index in [4.69, 9.17) is 21.5 Å². The fourth-order valence-corrected chi connectivity index (χ4v) is 4.50. The number of aryl methyl sites for hydroxylation is 2. The molecule has 166 valence electrons. The van der Waals surface area contributed by atoms with Gasteiger partial charge in [-0.05, 0) is 73.5 Å². The molecule has 4 rings (SSSR count). The molecule has 1 amide bonds. The molecule has 1 fully saturated rings. The second kappa shape index (κ2) is 8.58. The monoisotopic (exact) mass is 470 g/mol. The van der Waals surface area contributed by atoms with Crippen molar-refractivity contribution in [2.45, 2.75) is 31.1 Å². The number of rotatable bonds is 5. The van der Waals surface area contributed by atoms with Gasteiger partial charge < -0.3 is 9.64 Å². The third-order valence-corrected chi connectivity index (χ3v) is 6.89. The number of carbonyl (C=O) groups excluding carboxylic acids is 1. The normalized spacial score (nSPS) is 16.4. The number of benzene rings is 3. The Balaban J connectivity index is 1.60. The van der Waals surface area contributed by atoms with Gasteiger partial charge >= 0.3 is 0 Å². The molecule has 0 radical (unpaired) electrons. The van der Waals surface area contributed by atoms with Gasteiger partial charge in [-0.2, -0.15) is 0 Å². The quantitative estimate of drug-likeness (QED) is 0.573. The Hall–Kier alpha value is -2.87. The highest BCUT2D eigenvalue weighted by molar-refractivity contribution is 7.89. The highest BCUT2D eigenvalue weighted by Gasteiger charge is 2.33. The largest absolute Gasteiger partial charge is 0.457 e. The molecule has 1 heterocycles. The first-order valence-corrected chi connectivity index (χ1v) is 12.0. The average Bonchev–Trinajstić information content (AvgIpc) is 3.12. The van der Waals surface area contributed by atoms with Crippen molar-refractivity contribution < 1.29 is 17.9 Å². The van der Waals surface area contributed by atoms with Gasteiger partial charge in [-0.1, -0.05) is 23.7 Å². The average molecular weight is 471 g/mol. The van der Waals surface area contributed by atoms with Crippen LogP contribution in [-0.2, 0) is 14.8 Å². The summed E-state index contributed by atoms with van der Waals surface area (Å²) in [6.45, 7) is 4.51. The topological polar surface area (TPSA) is 89.7 Å². The van der Waals surface area contributed by atoms with Gasteiger partial charge in [0, 0.05) is 35.2 Å². The molecule has 0 unspecified atom stereocenters. The molecule has 3 aromatic carbocycles. The highest BCUT2D eigenvalue weighted by atomic mass is 35.5. The molecular weight excluding hydrogens is 448 g/mol. The minimum Gasteiger partial charge on any atom is -0.457 e. The van der Waals surface area contributed by atoms with E-state index < -0.39 is 10.0 Å². The first-order chi connectivity index (χ1) is 15.1. The number of sulfonamides is 1. The third kappa shape index (κ3) is 4.65. The second-order valence-corrected chi connectivity index (χ2v) is 9.97. The Morgan fingerprint density at radius 1 is 1.00 bits per heavy atom. The zero-order valence-electron chi connectivity index (χ0n) is 17.7. The highest BCUT2D eigenvalue weighted by Crippen LogP contribution is 2.39. The summed E-state index contributed by atoms with van der Waals surface area (Å²) in [4.78, 5) is 14.4. The van der Waals surface area contributed by atoms with Crippen molar-refractivity contribution >= 4 is 33.2 Å². The minimum absolute atomic E-state index is 0.00576.